The van der Waals surface area contributed by atoms with Crippen molar-refractivity contribution in [1.82, 2.24) is 9.80 Å². The first kappa shape index (κ1) is 24.9. The van der Waals surface area contributed by atoms with Gasteiger partial charge < -0.3 is 19.3 Å². The van der Waals surface area contributed by atoms with Gasteiger partial charge in [-0.25, -0.2) is 4.79 Å². The van der Waals surface area contributed by atoms with E-state index in [1.54, 1.807) is 11.8 Å². The molecule has 7 heteroatoms. The van der Waals surface area contributed by atoms with Crippen LogP contribution in [-0.4, -0.2) is 58.4 Å². The Morgan fingerprint density at radius 2 is 1.54 bits per heavy atom. The van der Waals surface area contributed by atoms with E-state index in [9.17, 15) is 14.4 Å². The lowest BCUT2D eigenvalue weighted by atomic mass is 9.83. The Morgan fingerprint density at radius 1 is 0.943 bits per heavy atom. The third-order valence-electron chi connectivity index (χ3n) is 6.94. The van der Waals surface area contributed by atoms with Crippen LogP contribution in [0.1, 0.15) is 44.7 Å². The van der Waals surface area contributed by atoms with Crippen molar-refractivity contribution < 1.29 is 23.9 Å². The molecule has 2 aliphatic rings. The highest BCUT2D eigenvalue weighted by atomic mass is 16.5. The molecule has 2 heterocycles. The summed E-state index contributed by atoms with van der Waals surface area (Å²) in [5, 5.41) is 0. The molecule has 0 unspecified atom stereocenters. The van der Waals surface area contributed by atoms with E-state index in [1.165, 1.54) is 4.90 Å². The van der Waals surface area contributed by atoms with Crippen LogP contribution in [0.5, 0.6) is 0 Å². The van der Waals surface area contributed by atoms with Gasteiger partial charge in [-0.05, 0) is 30.9 Å². The quantitative estimate of drug-likeness (QED) is 0.407. The van der Waals surface area contributed by atoms with Crippen molar-refractivity contribution in [2.45, 2.75) is 64.5 Å². The standard InChI is InChI=1S/C28H34N2O5/c1-20(2)25(31)30-16-10-15-28(30)19-29(27(28)33)24(21(3)34-17-22-11-6-4-7-12-22)26(32)35-18-23-13-8-5-9-14-23/h4-9,11-14,20-21,24H,10,15-19H2,1-3H3/t21-,24+,28-/m1/s1. The number of β-lactam (4-membered cyclic amide) rings is 1. The van der Waals surface area contributed by atoms with Crippen molar-refractivity contribution in [3.63, 3.8) is 0 Å². The van der Waals surface area contributed by atoms with Crippen LogP contribution in [0.25, 0.3) is 0 Å². The molecule has 0 aromatic heterocycles. The highest BCUT2D eigenvalue weighted by molar-refractivity contribution is 6.00. The largest absolute Gasteiger partial charge is 0.459 e. The van der Waals surface area contributed by atoms with Gasteiger partial charge in [-0.3, -0.25) is 9.59 Å². The number of amides is 2. The number of rotatable bonds is 9. The summed E-state index contributed by atoms with van der Waals surface area (Å²) < 4.78 is 11.7. The number of benzene rings is 2. The summed E-state index contributed by atoms with van der Waals surface area (Å²) in [4.78, 5) is 42.9. The molecule has 4 rings (SSSR count). The van der Waals surface area contributed by atoms with Crippen LogP contribution < -0.4 is 0 Å². The van der Waals surface area contributed by atoms with Gasteiger partial charge in [-0.15, -0.1) is 0 Å². The molecule has 0 saturated carbocycles. The third kappa shape index (κ3) is 5.10. The van der Waals surface area contributed by atoms with Crippen molar-refractivity contribution in [3.8, 4) is 0 Å². The number of carbonyl (C=O) groups is 3. The molecular weight excluding hydrogens is 444 g/mol. The van der Waals surface area contributed by atoms with E-state index in [4.69, 9.17) is 9.47 Å². The molecule has 7 nitrogen and oxygen atoms in total. The van der Waals surface area contributed by atoms with Crippen molar-refractivity contribution >= 4 is 17.8 Å². The highest BCUT2D eigenvalue weighted by Gasteiger charge is 2.62. The van der Waals surface area contributed by atoms with Crippen LogP contribution >= 0.6 is 0 Å². The van der Waals surface area contributed by atoms with Gasteiger partial charge in [0.15, 0.2) is 6.04 Å². The zero-order valence-electron chi connectivity index (χ0n) is 20.7. The van der Waals surface area contributed by atoms with Crippen LogP contribution in [0.15, 0.2) is 60.7 Å². The molecule has 2 fully saturated rings. The summed E-state index contributed by atoms with van der Waals surface area (Å²) in [5.41, 5.74) is 0.998. The minimum absolute atomic E-state index is 0.0212. The summed E-state index contributed by atoms with van der Waals surface area (Å²) in [6.07, 6.45) is 0.808. The maximum absolute atomic E-state index is 13.6. The molecule has 35 heavy (non-hydrogen) atoms. The summed E-state index contributed by atoms with van der Waals surface area (Å²) in [6.45, 7) is 6.80. The number of nitrogens with zero attached hydrogens (tertiary/aromatic N) is 2. The van der Waals surface area contributed by atoms with E-state index in [0.717, 1.165) is 17.5 Å². The third-order valence-corrected chi connectivity index (χ3v) is 6.94. The molecule has 2 saturated heterocycles. The normalized spacial score (nSPS) is 21.2. The predicted octanol–water partition coefficient (Wildman–Crippen LogP) is 3.56. The van der Waals surface area contributed by atoms with Gasteiger partial charge in [0.25, 0.3) is 5.91 Å². The molecule has 0 aliphatic carbocycles. The molecule has 186 valence electrons. The fourth-order valence-electron chi connectivity index (χ4n) is 5.00. The fourth-order valence-corrected chi connectivity index (χ4v) is 5.00. The van der Waals surface area contributed by atoms with Crippen LogP contribution in [0.2, 0.25) is 0 Å². The van der Waals surface area contributed by atoms with E-state index < -0.39 is 23.7 Å². The summed E-state index contributed by atoms with van der Waals surface area (Å²) in [5.74, 6) is -0.906. The zero-order chi connectivity index (χ0) is 25.0. The van der Waals surface area contributed by atoms with Gasteiger partial charge in [0.05, 0.1) is 19.3 Å². The molecule has 0 N–H and O–H groups in total. The fraction of sp³-hybridized carbons (Fsp3) is 0.464. The smallest absolute Gasteiger partial charge is 0.331 e. The minimum atomic E-state index is -0.892. The minimum Gasteiger partial charge on any atom is -0.459 e. The topological polar surface area (TPSA) is 76.2 Å². The van der Waals surface area contributed by atoms with Gasteiger partial charge in [0.1, 0.15) is 12.1 Å². The van der Waals surface area contributed by atoms with E-state index in [-0.39, 0.29) is 24.3 Å². The molecule has 2 aromatic carbocycles. The molecule has 2 amide bonds. The molecule has 3 atom stereocenters. The Labute approximate surface area is 207 Å². The number of hydrogen-bond donors (Lipinski definition) is 0. The van der Waals surface area contributed by atoms with E-state index in [1.807, 2.05) is 74.5 Å². The molecule has 0 radical (unpaired) electrons. The first-order chi connectivity index (χ1) is 16.8. The van der Waals surface area contributed by atoms with E-state index in [2.05, 4.69) is 0 Å². The Balaban J connectivity index is 1.50. The predicted molar refractivity (Wildman–Crippen MR) is 131 cm³/mol. The van der Waals surface area contributed by atoms with E-state index >= 15 is 0 Å². The molecular formula is C28H34N2O5. The summed E-state index contributed by atoms with van der Waals surface area (Å²) in [7, 11) is 0. The molecule has 2 aromatic rings. The first-order valence-electron chi connectivity index (χ1n) is 12.3. The number of carbonyl (C=O) groups excluding carboxylic acids is 3. The van der Waals surface area contributed by atoms with Gasteiger partial charge in [-0.1, -0.05) is 74.5 Å². The van der Waals surface area contributed by atoms with Crippen molar-refractivity contribution in [1.29, 1.82) is 0 Å². The average molecular weight is 479 g/mol. The number of ether oxygens (including phenoxy) is 2. The van der Waals surface area contributed by atoms with Crippen molar-refractivity contribution in [2.24, 2.45) is 5.92 Å². The maximum atomic E-state index is 13.6. The van der Waals surface area contributed by atoms with Crippen LogP contribution in [-0.2, 0) is 37.1 Å². The molecule has 0 bridgehead atoms. The second-order valence-corrected chi connectivity index (χ2v) is 9.75. The second kappa shape index (κ2) is 10.6. The second-order valence-electron chi connectivity index (χ2n) is 9.75. The van der Waals surface area contributed by atoms with Crippen LogP contribution in [0.4, 0.5) is 0 Å². The lowest BCUT2D eigenvalue weighted by Gasteiger charge is -2.54. The van der Waals surface area contributed by atoms with Crippen LogP contribution in [0.3, 0.4) is 0 Å². The number of likely N-dealkylation sites (tertiary alicyclic amines) is 2. The van der Waals surface area contributed by atoms with E-state index in [0.29, 0.717) is 26.1 Å². The summed E-state index contributed by atoms with van der Waals surface area (Å²) >= 11 is 0. The molecule has 1 spiro atoms. The number of esters is 1. The van der Waals surface area contributed by atoms with Gasteiger partial charge in [0, 0.05) is 12.5 Å². The highest BCUT2D eigenvalue weighted by Crippen LogP contribution is 2.41. The molecule has 2 aliphatic heterocycles. The number of hydrogen-bond acceptors (Lipinski definition) is 5. The average Bonchev–Trinajstić information content (AvgIpc) is 3.33. The zero-order valence-corrected chi connectivity index (χ0v) is 20.7. The lowest BCUT2D eigenvalue weighted by Crippen LogP contribution is -2.77. The summed E-state index contributed by atoms with van der Waals surface area (Å²) in [6, 6.07) is 18.2. The van der Waals surface area contributed by atoms with Crippen LogP contribution in [0, 0.1) is 5.92 Å². The van der Waals surface area contributed by atoms with Gasteiger partial charge >= 0.3 is 5.97 Å². The first-order valence-corrected chi connectivity index (χ1v) is 12.3. The Bertz CT molecular complexity index is 1040. The lowest BCUT2D eigenvalue weighted by molar-refractivity contribution is -0.185. The van der Waals surface area contributed by atoms with Crippen molar-refractivity contribution in [2.75, 3.05) is 13.1 Å². The monoisotopic (exact) mass is 478 g/mol. The Kier molecular flexibility index (Phi) is 7.55. The van der Waals surface area contributed by atoms with Gasteiger partial charge in [0.2, 0.25) is 5.91 Å². The van der Waals surface area contributed by atoms with Crippen molar-refractivity contribution in [3.05, 3.63) is 71.8 Å². The Hall–Kier alpha value is -3.19. The van der Waals surface area contributed by atoms with Gasteiger partial charge in [-0.2, -0.15) is 0 Å². The Morgan fingerprint density at radius 3 is 2.11 bits per heavy atom. The SMILES string of the molecule is CC(C)C(=O)N1CCC[C@]12CN([C@H](C(=O)OCc1ccccc1)[C@@H](C)OCc1ccccc1)C2=O. The maximum Gasteiger partial charge on any atom is 0.331 e.